The third-order valence-electron chi connectivity index (χ3n) is 26.6. The van der Waals surface area contributed by atoms with Gasteiger partial charge in [0.15, 0.2) is 34.9 Å². The highest BCUT2D eigenvalue weighted by Crippen LogP contribution is 2.64. The van der Waals surface area contributed by atoms with Crippen LogP contribution in [0.5, 0.6) is 0 Å². The first-order chi connectivity index (χ1) is 61.5. The summed E-state index contributed by atoms with van der Waals surface area (Å²) in [6.07, 6.45) is 0. The monoisotopic (exact) mass is 1570 g/mol. The molecular formula is C116H70N8. The van der Waals surface area contributed by atoms with Crippen molar-refractivity contribution < 1.29 is 0 Å². The first kappa shape index (κ1) is 69.5. The van der Waals surface area contributed by atoms with Crippen molar-refractivity contribution in [2.45, 2.75) is 10.8 Å². The second-order valence-corrected chi connectivity index (χ2v) is 33.0. The highest BCUT2D eigenvalue weighted by molar-refractivity contribution is 6.16. The Morgan fingerprint density at radius 2 is 0.460 bits per heavy atom. The normalized spacial score (nSPS) is 13.1. The van der Waals surface area contributed by atoms with Crippen LogP contribution in [0.2, 0.25) is 0 Å². The summed E-state index contributed by atoms with van der Waals surface area (Å²) in [4.78, 5) is 31.6. The van der Waals surface area contributed by atoms with Crippen LogP contribution >= 0.6 is 0 Å². The third-order valence-corrected chi connectivity index (χ3v) is 26.6. The van der Waals surface area contributed by atoms with E-state index in [1.165, 1.54) is 127 Å². The Balaban J connectivity index is 0.526. The van der Waals surface area contributed by atoms with Crippen molar-refractivity contribution in [1.82, 2.24) is 39.0 Å². The van der Waals surface area contributed by atoms with Gasteiger partial charge in [-0.2, -0.15) is 0 Å². The molecule has 0 saturated carbocycles. The summed E-state index contributed by atoms with van der Waals surface area (Å²) in [6, 6.07) is 155. The van der Waals surface area contributed by atoms with E-state index in [0.717, 1.165) is 83.5 Å². The molecule has 0 radical (unpaired) electrons. The Bertz CT molecular complexity index is 8150. The molecule has 22 aromatic rings. The van der Waals surface area contributed by atoms with Crippen LogP contribution in [0.1, 0.15) is 44.5 Å². The van der Waals surface area contributed by atoms with Gasteiger partial charge < -0.3 is 9.13 Å². The maximum atomic E-state index is 5.34. The van der Waals surface area contributed by atoms with E-state index in [0.29, 0.717) is 34.9 Å². The zero-order valence-corrected chi connectivity index (χ0v) is 67.0. The Kier molecular flexibility index (Phi) is 15.2. The molecule has 574 valence electrons. The third kappa shape index (κ3) is 10.2. The van der Waals surface area contributed by atoms with E-state index in [2.05, 4.69) is 397 Å². The summed E-state index contributed by atoms with van der Waals surface area (Å²) in [7, 11) is 0. The molecule has 0 saturated heterocycles. The van der Waals surface area contributed by atoms with Crippen molar-refractivity contribution in [2.75, 3.05) is 0 Å². The van der Waals surface area contributed by atoms with Crippen LogP contribution in [-0.2, 0) is 10.8 Å². The topological polar surface area (TPSA) is 87.2 Å². The number of hydrogen-bond acceptors (Lipinski definition) is 6. The van der Waals surface area contributed by atoms with Crippen molar-refractivity contribution in [3.8, 4) is 158 Å². The fourth-order valence-electron chi connectivity index (χ4n) is 21.3. The summed E-state index contributed by atoms with van der Waals surface area (Å²) >= 11 is 0. The predicted octanol–water partition coefficient (Wildman–Crippen LogP) is 27.9. The molecular weight excluding hydrogens is 1510 g/mol. The summed E-state index contributed by atoms with van der Waals surface area (Å²) in [5.41, 5.74) is 38.0. The van der Waals surface area contributed by atoms with Gasteiger partial charge in [-0.05, 0) is 183 Å². The largest absolute Gasteiger partial charge is 0.309 e. The number of aromatic nitrogens is 8. The summed E-state index contributed by atoms with van der Waals surface area (Å²) in [6.45, 7) is 0. The average Bonchev–Trinajstić information content (AvgIpc) is 1.50. The van der Waals surface area contributed by atoms with E-state index in [1.54, 1.807) is 0 Å². The van der Waals surface area contributed by atoms with Crippen molar-refractivity contribution in [2.24, 2.45) is 0 Å². The molecule has 18 aromatic carbocycles. The van der Waals surface area contributed by atoms with Gasteiger partial charge >= 0.3 is 0 Å². The molecule has 2 aliphatic heterocycles. The smallest absolute Gasteiger partial charge is 0.164 e. The Labute approximate surface area is 715 Å². The second kappa shape index (κ2) is 27.0. The van der Waals surface area contributed by atoms with E-state index in [4.69, 9.17) is 29.9 Å². The minimum Gasteiger partial charge on any atom is -0.309 e. The van der Waals surface area contributed by atoms with E-state index >= 15 is 0 Å². The molecule has 2 spiro atoms. The second-order valence-electron chi connectivity index (χ2n) is 33.0. The van der Waals surface area contributed by atoms with Crippen LogP contribution < -0.4 is 0 Å². The summed E-state index contributed by atoms with van der Waals surface area (Å²) in [5.74, 6) is 3.45. The number of nitrogens with zero attached hydrogens (tertiary/aromatic N) is 8. The van der Waals surface area contributed by atoms with Crippen LogP contribution in [0.4, 0.5) is 0 Å². The van der Waals surface area contributed by atoms with Gasteiger partial charge in [0.1, 0.15) is 0 Å². The number of rotatable bonds is 11. The van der Waals surface area contributed by atoms with Gasteiger partial charge in [-0.25, -0.2) is 29.9 Å². The van der Waals surface area contributed by atoms with E-state index in [9.17, 15) is 0 Å². The Hall–Kier alpha value is -16.4. The first-order valence-corrected chi connectivity index (χ1v) is 42.5. The fraction of sp³-hybridized carbons (Fsp3) is 0.0172. The summed E-state index contributed by atoms with van der Waals surface area (Å²) in [5, 5.41) is 5.00. The van der Waals surface area contributed by atoms with Crippen molar-refractivity contribution in [1.29, 1.82) is 0 Å². The van der Waals surface area contributed by atoms with Crippen molar-refractivity contribution >= 4 is 43.6 Å². The lowest BCUT2D eigenvalue weighted by molar-refractivity contribution is 0.749. The lowest BCUT2D eigenvalue weighted by Gasteiger charge is -2.40. The molecule has 4 aromatic heterocycles. The molecule has 8 nitrogen and oxygen atoms in total. The van der Waals surface area contributed by atoms with Gasteiger partial charge in [0, 0.05) is 54.9 Å². The quantitative estimate of drug-likeness (QED) is 0.128. The molecule has 0 atom stereocenters. The molecule has 0 N–H and O–H groups in total. The van der Waals surface area contributed by atoms with Crippen LogP contribution in [0.25, 0.3) is 201 Å². The van der Waals surface area contributed by atoms with Gasteiger partial charge in [0.25, 0.3) is 0 Å². The highest BCUT2D eigenvalue weighted by Gasteiger charge is 2.53. The van der Waals surface area contributed by atoms with Crippen LogP contribution in [-0.4, -0.2) is 39.0 Å². The van der Waals surface area contributed by atoms with E-state index in [-0.39, 0.29) is 0 Å². The van der Waals surface area contributed by atoms with Crippen molar-refractivity contribution in [3.63, 3.8) is 0 Å². The molecule has 0 amide bonds. The molecule has 26 rings (SSSR count). The molecule has 6 heterocycles. The number of fused-ring (bicyclic) bond motifs is 24. The SMILES string of the molecule is c1ccc(-c2nc(-c3ccc(-c4cccc(-c5cc6c7c(c5)c5ccccc5n7-c5ccccc5C65c6ccccc6-c6ccccc65)c4)cc3)nc(-c3cccc(-c4cccc(-c5nc(-c6ccccc6)nc(-c6ccc(-c7ccccc7-c7ccc8c(c7)C7(c9ccccc9-c9ccccc97)c7cccc9c%10ccccc%10n-8c79)cc6)n5)c4)c3)n2)cc1. The van der Waals surface area contributed by atoms with Gasteiger partial charge in [-0.3, -0.25) is 0 Å². The molecule has 0 fully saturated rings. The van der Waals surface area contributed by atoms with Gasteiger partial charge in [-0.1, -0.05) is 364 Å². The zero-order chi connectivity index (χ0) is 81.3. The molecule has 0 unspecified atom stereocenters. The van der Waals surface area contributed by atoms with Crippen molar-refractivity contribution in [3.05, 3.63) is 469 Å². The van der Waals surface area contributed by atoms with Gasteiger partial charge in [0.2, 0.25) is 0 Å². The standard InChI is InChI=1S/C116H70N8/c1-3-27-73(28-4-1)109-117-111(75-59-55-71(56-60-75)77-31-23-34-80(65-77)84-68-94-92-44-14-21-53-104(92)123-105-54-22-19-50-99(105)115(102(70-84)108(94)123)95-46-15-9-39-87(95)88-40-10-16-47-96(88)115)121-113(119-109)82-35-24-32-78(66-82)79-33-25-36-83(67-79)114-120-110(74-29-5-2-6-30-74)118-112(122-114)76-61-57-72(58-62-76)85-37-7-8-38-86(85)81-63-64-106-101(69-81)116(97-48-17-11-41-89(97)90-42-12-18-49-98(90)116)100-51-26-45-93-91-43-13-20-52-103(91)124(106)107(93)100/h1-70H. The number of para-hydroxylation sites is 4. The molecule has 0 bridgehead atoms. The minimum absolute atomic E-state index is 0.549. The zero-order valence-electron chi connectivity index (χ0n) is 67.0. The first-order valence-electron chi connectivity index (χ1n) is 42.5. The van der Waals surface area contributed by atoms with Crippen LogP contribution in [0, 0.1) is 0 Å². The lowest BCUT2D eigenvalue weighted by atomic mass is 9.65. The van der Waals surface area contributed by atoms with Gasteiger partial charge in [-0.15, -0.1) is 0 Å². The average molecular weight is 1580 g/mol. The molecule has 124 heavy (non-hydrogen) atoms. The van der Waals surface area contributed by atoms with E-state index < -0.39 is 10.8 Å². The maximum absolute atomic E-state index is 5.34. The fourth-order valence-corrected chi connectivity index (χ4v) is 21.3. The maximum Gasteiger partial charge on any atom is 0.164 e. The molecule has 4 aliphatic rings. The Morgan fingerprint density at radius 1 is 0.153 bits per heavy atom. The van der Waals surface area contributed by atoms with E-state index in [1.807, 2.05) is 36.4 Å². The Morgan fingerprint density at radius 3 is 0.976 bits per heavy atom. The number of benzene rings is 18. The molecule has 2 aliphatic carbocycles. The lowest BCUT2D eigenvalue weighted by Crippen LogP contribution is -2.33. The minimum atomic E-state index is -0.571. The highest BCUT2D eigenvalue weighted by atomic mass is 15.1. The number of hydrogen-bond donors (Lipinski definition) is 0. The summed E-state index contributed by atoms with van der Waals surface area (Å²) < 4.78 is 5.05. The predicted molar refractivity (Wildman–Crippen MR) is 503 cm³/mol. The van der Waals surface area contributed by atoms with Crippen LogP contribution in [0.15, 0.2) is 425 Å². The molecule has 8 heteroatoms. The van der Waals surface area contributed by atoms with Gasteiger partial charge in [0.05, 0.1) is 44.3 Å². The van der Waals surface area contributed by atoms with Crippen LogP contribution in [0.3, 0.4) is 0 Å².